The summed E-state index contributed by atoms with van der Waals surface area (Å²) in [4.78, 5) is 4.26. The van der Waals surface area contributed by atoms with E-state index in [1.165, 1.54) is 0 Å². The van der Waals surface area contributed by atoms with Gasteiger partial charge in [0.15, 0.2) is 9.84 Å². The van der Waals surface area contributed by atoms with Gasteiger partial charge in [-0.2, -0.15) is 0 Å². The maximum atomic E-state index is 11.5. The van der Waals surface area contributed by atoms with Gasteiger partial charge >= 0.3 is 0 Å². The first-order valence-corrected chi connectivity index (χ1v) is 10.3. The zero-order valence-electron chi connectivity index (χ0n) is 15.1. The lowest BCUT2D eigenvalue weighted by molar-refractivity contribution is 0.297. The van der Waals surface area contributed by atoms with Crippen molar-refractivity contribution in [3.8, 4) is 5.75 Å². The SMILES string of the molecule is CCS(=O)(=O)CCNCc1cc(C)c(OCc2ccccn2)c(C)c1. The molecule has 1 aromatic heterocycles. The quantitative estimate of drug-likeness (QED) is 0.695. The predicted octanol–water partition coefficient (Wildman–Crippen LogP) is 2.80. The molecule has 0 aliphatic heterocycles. The first-order chi connectivity index (χ1) is 11.9. The Labute approximate surface area is 150 Å². The Hall–Kier alpha value is -1.92. The molecule has 0 fully saturated rings. The second-order valence-corrected chi connectivity index (χ2v) is 8.55. The molecule has 25 heavy (non-hydrogen) atoms. The molecule has 136 valence electrons. The molecular formula is C19H26N2O3S. The standard InChI is InChI=1S/C19H26N2O3S/c1-4-25(22,23)10-9-20-13-17-11-15(2)19(16(3)12-17)24-14-18-7-5-6-8-21-18/h5-8,11-12,20H,4,9-10,13-14H2,1-3H3. The third kappa shape index (κ3) is 6.14. The van der Waals surface area contributed by atoms with Crippen molar-refractivity contribution in [1.82, 2.24) is 10.3 Å². The summed E-state index contributed by atoms with van der Waals surface area (Å²) in [6.07, 6.45) is 1.76. The number of aromatic nitrogens is 1. The van der Waals surface area contributed by atoms with Crippen molar-refractivity contribution in [2.24, 2.45) is 0 Å². The van der Waals surface area contributed by atoms with E-state index in [4.69, 9.17) is 4.74 Å². The zero-order chi connectivity index (χ0) is 18.3. The highest BCUT2D eigenvalue weighted by molar-refractivity contribution is 7.91. The highest BCUT2D eigenvalue weighted by Gasteiger charge is 2.09. The minimum Gasteiger partial charge on any atom is -0.487 e. The highest BCUT2D eigenvalue weighted by Crippen LogP contribution is 2.25. The van der Waals surface area contributed by atoms with Gasteiger partial charge in [-0.05, 0) is 42.7 Å². The van der Waals surface area contributed by atoms with Crippen LogP contribution in [0, 0.1) is 13.8 Å². The van der Waals surface area contributed by atoms with E-state index >= 15 is 0 Å². The molecule has 6 heteroatoms. The summed E-state index contributed by atoms with van der Waals surface area (Å²) < 4.78 is 28.9. The first-order valence-electron chi connectivity index (χ1n) is 8.45. The molecular weight excluding hydrogens is 336 g/mol. The van der Waals surface area contributed by atoms with Crippen LogP contribution in [0.1, 0.15) is 29.3 Å². The van der Waals surface area contributed by atoms with Gasteiger partial charge in [0.25, 0.3) is 0 Å². The van der Waals surface area contributed by atoms with Crippen molar-refractivity contribution >= 4 is 9.84 Å². The van der Waals surface area contributed by atoms with Crippen LogP contribution in [0.15, 0.2) is 36.5 Å². The smallest absolute Gasteiger partial charge is 0.151 e. The molecule has 0 unspecified atom stereocenters. The van der Waals surface area contributed by atoms with Crippen LogP contribution in [-0.2, 0) is 23.0 Å². The lowest BCUT2D eigenvalue weighted by Crippen LogP contribution is -2.23. The lowest BCUT2D eigenvalue weighted by atomic mass is 10.1. The Balaban J connectivity index is 1.92. The molecule has 0 spiro atoms. The van der Waals surface area contributed by atoms with E-state index < -0.39 is 9.84 Å². The summed E-state index contributed by atoms with van der Waals surface area (Å²) in [7, 11) is -2.92. The molecule has 2 rings (SSSR count). The van der Waals surface area contributed by atoms with Gasteiger partial charge in [-0.3, -0.25) is 4.98 Å². The van der Waals surface area contributed by atoms with Crippen molar-refractivity contribution in [3.05, 3.63) is 58.9 Å². The van der Waals surface area contributed by atoms with Gasteiger partial charge in [-0.15, -0.1) is 0 Å². The molecule has 0 aliphatic rings. The number of pyridine rings is 1. The van der Waals surface area contributed by atoms with Crippen LogP contribution in [0.2, 0.25) is 0 Å². The largest absolute Gasteiger partial charge is 0.487 e. The molecule has 0 radical (unpaired) electrons. The van der Waals surface area contributed by atoms with Gasteiger partial charge in [-0.25, -0.2) is 8.42 Å². The zero-order valence-corrected chi connectivity index (χ0v) is 15.9. The Kier molecular flexibility index (Phi) is 6.96. The molecule has 1 N–H and O–H groups in total. The van der Waals surface area contributed by atoms with Gasteiger partial charge in [0.1, 0.15) is 12.4 Å². The lowest BCUT2D eigenvalue weighted by Gasteiger charge is -2.14. The second kappa shape index (κ2) is 8.97. The van der Waals surface area contributed by atoms with E-state index in [0.717, 1.165) is 28.1 Å². The Bertz CT molecular complexity index is 767. The Morgan fingerprint density at radius 3 is 2.48 bits per heavy atom. The minimum absolute atomic E-state index is 0.173. The predicted molar refractivity (Wildman–Crippen MR) is 101 cm³/mol. The summed E-state index contributed by atoms with van der Waals surface area (Å²) >= 11 is 0. The molecule has 0 saturated carbocycles. The van der Waals surface area contributed by atoms with Crippen LogP contribution in [0.5, 0.6) is 5.75 Å². The molecule has 0 bridgehead atoms. The highest BCUT2D eigenvalue weighted by atomic mass is 32.2. The van der Waals surface area contributed by atoms with Gasteiger partial charge in [0.05, 0.1) is 11.4 Å². The summed E-state index contributed by atoms with van der Waals surface area (Å²) in [5.41, 5.74) is 4.14. The fourth-order valence-electron chi connectivity index (χ4n) is 2.60. The summed E-state index contributed by atoms with van der Waals surface area (Å²) in [6, 6.07) is 9.91. The third-order valence-electron chi connectivity index (χ3n) is 3.97. The van der Waals surface area contributed by atoms with Crippen LogP contribution in [0.3, 0.4) is 0 Å². The normalized spacial score (nSPS) is 11.5. The molecule has 0 atom stereocenters. The van der Waals surface area contributed by atoms with Gasteiger partial charge < -0.3 is 10.1 Å². The second-order valence-electron chi connectivity index (χ2n) is 6.08. The summed E-state index contributed by atoms with van der Waals surface area (Å²) in [5, 5.41) is 3.19. The first kappa shape index (κ1) is 19.4. The molecule has 0 amide bonds. The van der Waals surface area contributed by atoms with E-state index in [0.29, 0.717) is 19.7 Å². The maximum Gasteiger partial charge on any atom is 0.151 e. The number of nitrogens with one attached hydrogen (secondary N) is 1. The number of ether oxygens (including phenoxy) is 1. The van der Waals surface area contributed by atoms with Crippen LogP contribution in [-0.4, -0.2) is 31.5 Å². The minimum atomic E-state index is -2.92. The number of benzene rings is 1. The monoisotopic (exact) mass is 362 g/mol. The van der Waals surface area contributed by atoms with E-state index in [2.05, 4.69) is 22.4 Å². The number of aryl methyl sites for hydroxylation is 2. The Morgan fingerprint density at radius 1 is 1.16 bits per heavy atom. The van der Waals surface area contributed by atoms with Crippen molar-refractivity contribution in [1.29, 1.82) is 0 Å². The summed E-state index contributed by atoms with van der Waals surface area (Å²) in [6.45, 7) is 7.26. The van der Waals surface area contributed by atoms with Crippen LogP contribution in [0.25, 0.3) is 0 Å². The molecule has 1 heterocycles. The molecule has 2 aromatic rings. The average molecular weight is 362 g/mol. The van der Waals surface area contributed by atoms with Crippen LogP contribution < -0.4 is 10.1 Å². The van der Waals surface area contributed by atoms with Crippen molar-refractivity contribution in [3.63, 3.8) is 0 Å². The topological polar surface area (TPSA) is 68.3 Å². The summed E-state index contributed by atoms with van der Waals surface area (Å²) in [5.74, 6) is 1.24. The van der Waals surface area contributed by atoms with E-state index in [1.54, 1.807) is 13.1 Å². The molecule has 0 saturated heterocycles. The fraction of sp³-hybridized carbons (Fsp3) is 0.421. The number of hydrogen-bond acceptors (Lipinski definition) is 5. The van der Waals surface area contributed by atoms with Crippen molar-refractivity contribution < 1.29 is 13.2 Å². The van der Waals surface area contributed by atoms with Crippen LogP contribution in [0.4, 0.5) is 0 Å². The average Bonchev–Trinajstić information content (AvgIpc) is 2.59. The third-order valence-corrected chi connectivity index (χ3v) is 5.68. The van der Waals surface area contributed by atoms with E-state index in [9.17, 15) is 8.42 Å². The molecule has 5 nitrogen and oxygen atoms in total. The van der Waals surface area contributed by atoms with Crippen LogP contribution >= 0.6 is 0 Å². The van der Waals surface area contributed by atoms with Gasteiger partial charge in [-0.1, -0.05) is 25.1 Å². The fourth-order valence-corrected chi connectivity index (χ4v) is 3.35. The van der Waals surface area contributed by atoms with Gasteiger partial charge in [0.2, 0.25) is 0 Å². The molecule has 0 aliphatic carbocycles. The number of rotatable bonds is 9. The van der Waals surface area contributed by atoms with Gasteiger partial charge in [0, 0.05) is 25.0 Å². The van der Waals surface area contributed by atoms with Crippen molar-refractivity contribution in [2.45, 2.75) is 33.9 Å². The van der Waals surface area contributed by atoms with E-state index in [-0.39, 0.29) is 11.5 Å². The van der Waals surface area contributed by atoms with E-state index in [1.807, 2.05) is 32.0 Å². The Morgan fingerprint density at radius 2 is 1.88 bits per heavy atom. The maximum absolute atomic E-state index is 11.5. The van der Waals surface area contributed by atoms with Crippen molar-refractivity contribution in [2.75, 3.05) is 18.1 Å². The number of hydrogen-bond donors (Lipinski definition) is 1. The number of nitrogens with zero attached hydrogens (tertiary/aromatic N) is 1. The number of sulfone groups is 1. The molecule has 1 aromatic carbocycles.